The molecule has 152 valence electrons. The van der Waals surface area contributed by atoms with Crippen molar-refractivity contribution in [3.05, 3.63) is 40.9 Å². The number of halogens is 3. The van der Waals surface area contributed by atoms with Gasteiger partial charge in [0, 0.05) is 25.0 Å². The number of nitrogens with zero attached hydrogens (tertiary/aromatic N) is 3. The number of thiazole rings is 1. The maximum atomic E-state index is 12.9. The van der Waals surface area contributed by atoms with Crippen LogP contribution in [0.5, 0.6) is 0 Å². The number of carboxylic acid groups (broad SMARTS) is 1. The summed E-state index contributed by atoms with van der Waals surface area (Å²) in [6.07, 6.45) is -4.59. The number of rotatable bonds is 4. The molecule has 0 radical (unpaired) electrons. The van der Waals surface area contributed by atoms with Crippen molar-refractivity contribution in [1.29, 1.82) is 0 Å². The minimum Gasteiger partial charge on any atom is -0.480 e. The number of carboxylic acids is 1. The predicted molar refractivity (Wildman–Crippen MR) is 95.8 cm³/mol. The Labute approximate surface area is 163 Å². The lowest BCUT2D eigenvalue weighted by Crippen LogP contribution is -2.58. The fraction of sp³-hybridized carbons (Fsp3) is 0.375. The van der Waals surface area contributed by atoms with Crippen LogP contribution in [0.2, 0.25) is 0 Å². The van der Waals surface area contributed by atoms with Crippen LogP contribution < -0.4 is 4.90 Å². The molecule has 0 saturated carbocycles. The number of aryl methyl sites for hydroxylation is 1. The average Bonchev–Trinajstić information content (AvgIpc) is 3.07. The summed E-state index contributed by atoms with van der Waals surface area (Å²) >= 11 is 1.33. The molecule has 7 nitrogen and oxygen atoms in total. The Morgan fingerprint density at radius 3 is 2.39 bits per heavy atom. The second-order valence-corrected chi connectivity index (χ2v) is 8.94. The number of benzene rings is 1. The van der Waals surface area contributed by atoms with Crippen LogP contribution in [-0.2, 0) is 21.0 Å². The summed E-state index contributed by atoms with van der Waals surface area (Å²) in [7, 11) is -4.28. The van der Waals surface area contributed by atoms with E-state index in [4.69, 9.17) is 0 Å². The summed E-state index contributed by atoms with van der Waals surface area (Å²) in [6.45, 7) is 1.78. The second-order valence-electron chi connectivity index (χ2n) is 6.21. The van der Waals surface area contributed by atoms with Gasteiger partial charge in [-0.3, -0.25) is 4.79 Å². The van der Waals surface area contributed by atoms with Crippen molar-refractivity contribution in [2.45, 2.75) is 24.0 Å². The second kappa shape index (κ2) is 7.33. The molecule has 12 heteroatoms. The minimum atomic E-state index is -4.59. The first kappa shape index (κ1) is 20.6. The van der Waals surface area contributed by atoms with E-state index in [-0.39, 0.29) is 24.5 Å². The summed E-state index contributed by atoms with van der Waals surface area (Å²) in [5.74, 6) is -1.34. The maximum absolute atomic E-state index is 12.9. The lowest BCUT2D eigenvalue weighted by Gasteiger charge is -2.38. The van der Waals surface area contributed by atoms with Crippen LogP contribution in [0.25, 0.3) is 0 Å². The Bertz CT molecular complexity index is 974. The third-order valence-electron chi connectivity index (χ3n) is 4.28. The molecule has 1 aromatic heterocycles. The molecule has 28 heavy (non-hydrogen) atoms. The average molecular weight is 435 g/mol. The lowest BCUT2D eigenvalue weighted by atomic mass is 10.2. The molecule has 1 fully saturated rings. The summed E-state index contributed by atoms with van der Waals surface area (Å²) in [6, 6.07) is 1.63. The monoisotopic (exact) mass is 435 g/mol. The van der Waals surface area contributed by atoms with E-state index in [0.717, 1.165) is 22.1 Å². The van der Waals surface area contributed by atoms with Gasteiger partial charge < -0.3 is 10.0 Å². The zero-order chi connectivity index (χ0) is 20.7. The summed E-state index contributed by atoms with van der Waals surface area (Å²) in [4.78, 5) is 17.3. The fourth-order valence-corrected chi connectivity index (χ4v) is 5.27. The number of sulfonamides is 1. The van der Waals surface area contributed by atoms with Gasteiger partial charge in [-0.05, 0) is 31.2 Å². The fourth-order valence-electron chi connectivity index (χ4n) is 2.87. The van der Waals surface area contributed by atoms with Gasteiger partial charge in [0.25, 0.3) is 0 Å². The van der Waals surface area contributed by atoms with Gasteiger partial charge in [-0.15, -0.1) is 11.3 Å². The zero-order valence-corrected chi connectivity index (χ0v) is 16.2. The van der Waals surface area contributed by atoms with E-state index in [1.54, 1.807) is 17.2 Å². The molecule has 0 unspecified atom stereocenters. The van der Waals surface area contributed by atoms with Crippen LogP contribution in [0.1, 0.15) is 11.3 Å². The van der Waals surface area contributed by atoms with Crippen LogP contribution in [0, 0.1) is 6.92 Å². The minimum absolute atomic E-state index is 0.109. The molecule has 1 N–H and O–H groups in total. The van der Waals surface area contributed by atoms with Gasteiger partial charge >= 0.3 is 12.1 Å². The number of carbonyl (C=O) groups is 1. The van der Waals surface area contributed by atoms with E-state index in [1.807, 2.05) is 0 Å². The van der Waals surface area contributed by atoms with Gasteiger partial charge in [0.1, 0.15) is 6.04 Å². The Hall–Kier alpha value is -2.18. The summed E-state index contributed by atoms with van der Waals surface area (Å²) in [5.41, 5.74) is -0.211. The lowest BCUT2D eigenvalue weighted by molar-refractivity contribution is -0.141. The first-order valence-electron chi connectivity index (χ1n) is 8.09. The predicted octanol–water partition coefficient (Wildman–Crippen LogP) is 2.43. The number of hydrogen-bond donors (Lipinski definition) is 1. The summed E-state index contributed by atoms with van der Waals surface area (Å²) < 4.78 is 64.6. The van der Waals surface area contributed by atoms with Crippen molar-refractivity contribution in [3.8, 4) is 0 Å². The molecule has 0 spiro atoms. The van der Waals surface area contributed by atoms with Gasteiger partial charge in [0.05, 0.1) is 16.2 Å². The molecule has 1 saturated heterocycles. The molecule has 0 amide bonds. The topological polar surface area (TPSA) is 90.8 Å². The third-order valence-corrected chi connectivity index (χ3v) is 7.22. The number of piperazine rings is 1. The molecule has 0 bridgehead atoms. The van der Waals surface area contributed by atoms with E-state index >= 15 is 0 Å². The van der Waals surface area contributed by atoms with E-state index in [9.17, 15) is 31.5 Å². The van der Waals surface area contributed by atoms with Gasteiger partial charge in [0.15, 0.2) is 5.13 Å². The van der Waals surface area contributed by atoms with E-state index in [2.05, 4.69) is 4.98 Å². The summed E-state index contributed by atoms with van der Waals surface area (Å²) in [5, 5.41) is 11.9. The molecule has 2 heterocycles. The SMILES string of the molecule is Cc1csc(N2CCN(S(=O)(=O)c3ccc(C(F)(F)F)cc3)[C@@H](C(=O)O)C2)n1. The molecule has 3 rings (SSSR count). The van der Waals surface area contributed by atoms with E-state index in [0.29, 0.717) is 17.3 Å². The Balaban J connectivity index is 1.87. The molecule has 2 aromatic rings. The smallest absolute Gasteiger partial charge is 0.416 e. The van der Waals surface area contributed by atoms with Crippen molar-refractivity contribution < 1.29 is 31.5 Å². The molecule has 1 aliphatic heterocycles. The highest BCUT2D eigenvalue weighted by Gasteiger charge is 2.41. The van der Waals surface area contributed by atoms with Crippen LogP contribution >= 0.6 is 11.3 Å². The zero-order valence-electron chi connectivity index (χ0n) is 14.5. The first-order chi connectivity index (χ1) is 13.0. The standard InChI is InChI=1S/C16H16F3N3O4S2/c1-10-9-27-15(20-10)21-6-7-22(13(8-21)14(23)24)28(25,26)12-4-2-11(3-5-12)16(17,18)19/h2-5,9,13H,6-8H2,1H3,(H,23,24)/t13-/m1/s1. The normalized spacial score (nSPS) is 19.0. The quantitative estimate of drug-likeness (QED) is 0.793. The van der Waals surface area contributed by atoms with Crippen LogP contribution in [0.3, 0.4) is 0 Å². The molecule has 1 aliphatic rings. The number of aromatic nitrogens is 1. The van der Waals surface area contributed by atoms with Crippen molar-refractivity contribution in [2.24, 2.45) is 0 Å². The largest absolute Gasteiger partial charge is 0.480 e. The highest BCUT2D eigenvalue weighted by molar-refractivity contribution is 7.89. The van der Waals surface area contributed by atoms with Gasteiger partial charge in [-0.25, -0.2) is 13.4 Å². The van der Waals surface area contributed by atoms with Crippen LogP contribution in [0.15, 0.2) is 34.5 Å². The van der Waals surface area contributed by atoms with E-state index < -0.39 is 33.8 Å². The molecule has 1 aromatic carbocycles. The van der Waals surface area contributed by atoms with Gasteiger partial charge in [-0.1, -0.05) is 0 Å². The third kappa shape index (κ3) is 3.98. The highest BCUT2D eigenvalue weighted by Crippen LogP contribution is 2.31. The maximum Gasteiger partial charge on any atom is 0.416 e. The van der Waals surface area contributed by atoms with Crippen LogP contribution in [0.4, 0.5) is 18.3 Å². The number of aliphatic carboxylic acids is 1. The number of hydrogen-bond acceptors (Lipinski definition) is 6. The molecular formula is C16H16F3N3O4S2. The first-order valence-corrected chi connectivity index (χ1v) is 10.4. The van der Waals surface area contributed by atoms with Crippen molar-refractivity contribution >= 4 is 32.5 Å². The van der Waals surface area contributed by atoms with Crippen molar-refractivity contribution in [1.82, 2.24) is 9.29 Å². The molecule has 1 atom stereocenters. The van der Waals surface area contributed by atoms with Crippen molar-refractivity contribution in [2.75, 3.05) is 24.5 Å². The Morgan fingerprint density at radius 2 is 1.89 bits per heavy atom. The van der Waals surface area contributed by atoms with Crippen LogP contribution in [-0.4, -0.2) is 54.5 Å². The Kier molecular flexibility index (Phi) is 5.38. The highest BCUT2D eigenvalue weighted by atomic mass is 32.2. The Morgan fingerprint density at radius 1 is 1.25 bits per heavy atom. The molecular weight excluding hydrogens is 419 g/mol. The number of alkyl halides is 3. The van der Waals surface area contributed by atoms with E-state index in [1.165, 1.54) is 11.3 Å². The van der Waals surface area contributed by atoms with Crippen molar-refractivity contribution in [3.63, 3.8) is 0 Å². The van der Waals surface area contributed by atoms with Gasteiger partial charge in [-0.2, -0.15) is 17.5 Å². The molecule has 0 aliphatic carbocycles. The van der Waals surface area contributed by atoms with Gasteiger partial charge in [0.2, 0.25) is 10.0 Å². The number of anilines is 1.